The van der Waals surface area contributed by atoms with Crippen molar-refractivity contribution in [2.24, 2.45) is 0 Å². The molecular weight excluding hydrogens is 294 g/mol. The normalized spacial score (nSPS) is 11.5. The molecule has 2 aromatic carbocycles. The number of carboxylic acid groups (broad SMARTS) is 1. The van der Waals surface area contributed by atoms with E-state index >= 15 is 0 Å². The molecule has 2 aromatic rings. The van der Waals surface area contributed by atoms with E-state index in [1.807, 2.05) is 30.3 Å². The summed E-state index contributed by atoms with van der Waals surface area (Å²) in [6, 6.07) is 15.8. The number of carboxylic acids is 1. The summed E-state index contributed by atoms with van der Waals surface area (Å²) in [6.07, 6.45) is 0.0330. The van der Waals surface area contributed by atoms with Crippen LogP contribution in [0.1, 0.15) is 23.6 Å². The number of nitrogens with one attached hydrogen (secondary N) is 1. The minimum atomic E-state index is -0.955. The highest BCUT2D eigenvalue weighted by Crippen LogP contribution is 2.17. The number of carbonyl (C=O) groups excluding carboxylic acids is 1. The van der Waals surface area contributed by atoms with Crippen molar-refractivity contribution in [2.45, 2.75) is 18.9 Å². The van der Waals surface area contributed by atoms with E-state index in [2.05, 4.69) is 5.32 Å². The van der Waals surface area contributed by atoms with Crippen LogP contribution < -0.4 is 10.1 Å². The quantitative estimate of drug-likeness (QED) is 0.824. The Morgan fingerprint density at radius 1 is 1.09 bits per heavy atom. The third-order valence-corrected chi connectivity index (χ3v) is 3.44. The average Bonchev–Trinajstić information content (AvgIpc) is 2.55. The molecule has 1 amide bonds. The summed E-state index contributed by atoms with van der Waals surface area (Å²) in [4.78, 5) is 23.2. The number of methoxy groups -OCH3 is 1. The van der Waals surface area contributed by atoms with Gasteiger partial charge in [0.1, 0.15) is 5.75 Å². The van der Waals surface area contributed by atoms with Crippen molar-refractivity contribution in [2.75, 3.05) is 7.11 Å². The number of hydrogen-bond donors (Lipinski definition) is 2. The van der Waals surface area contributed by atoms with E-state index < -0.39 is 12.0 Å². The van der Waals surface area contributed by atoms with Gasteiger partial charge in [-0.3, -0.25) is 9.59 Å². The van der Waals surface area contributed by atoms with Crippen LogP contribution in [0.15, 0.2) is 54.6 Å². The van der Waals surface area contributed by atoms with Crippen molar-refractivity contribution in [1.82, 2.24) is 5.32 Å². The minimum Gasteiger partial charge on any atom is -0.497 e. The van der Waals surface area contributed by atoms with Crippen molar-refractivity contribution >= 4 is 11.9 Å². The standard InChI is InChI=1S/C18H19NO4/c1-23-15-9-7-13(8-10-15)11-17(20)19-16(12-18(21)22)14-5-3-2-4-6-14/h2-10,16H,11-12H2,1H3,(H,19,20)(H,21,22)/t16-/m0/s1. The second-order valence-electron chi connectivity index (χ2n) is 5.15. The molecule has 0 unspecified atom stereocenters. The van der Waals surface area contributed by atoms with E-state index in [0.717, 1.165) is 16.9 Å². The number of benzene rings is 2. The second-order valence-corrected chi connectivity index (χ2v) is 5.15. The Balaban J connectivity index is 2.03. The zero-order valence-corrected chi connectivity index (χ0v) is 12.9. The van der Waals surface area contributed by atoms with Crippen LogP contribution in [0.5, 0.6) is 5.75 Å². The number of rotatable bonds is 7. The molecule has 0 spiro atoms. The molecule has 0 radical (unpaired) electrons. The highest BCUT2D eigenvalue weighted by molar-refractivity contribution is 5.80. The Hall–Kier alpha value is -2.82. The maximum Gasteiger partial charge on any atom is 0.305 e. The predicted molar refractivity (Wildman–Crippen MR) is 86.3 cm³/mol. The van der Waals surface area contributed by atoms with Gasteiger partial charge < -0.3 is 15.2 Å². The summed E-state index contributed by atoms with van der Waals surface area (Å²) < 4.78 is 5.07. The van der Waals surface area contributed by atoms with Gasteiger partial charge in [0, 0.05) is 0 Å². The van der Waals surface area contributed by atoms with Crippen LogP contribution in [0.2, 0.25) is 0 Å². The molecule has 0 saturated heterocycles. The lowest BCUT2D eigenvalue weighted by molar-refractivity contribution is -0.137. The SMILES string of the molecule is COc1ccc(CC(=O)N[C@@H](CC(=O)O)c2ccccc2)cc1. The van der Waals surface area contributed by atoms with Gasteiger partial charge in [0.2, 0.25) is 5.91 Å². The fourth-order valence-electron chi connectivity index (χ4n) is 2.29. The van der Waals surface area contributed by atoms with E-state index in [1.165, 1.54) is 0 Å². The van der Waals surface area contributed by atoms with Gasteiger partial charge in [0.15, 0.2) is 0 Å². The number of hydrogen-bond acceptors (Lipinski definition) is 3. The van der Waals surface area contributed by atoms with E-state index in [1.54, 1.807) is 31.4 Å². The largest absolute Gasteiger partial charge is 0.497 e. The number of carbonyl (C=O) groups is 2. The molecule has 0 fully saturated rings. The van der Waals surface area contributed by atoms with Crippen LogP contribution in [0.4, 0.5) is 0 Å². The smallest absolute Gasteiger partial charge is 0.305 e. The molecule has 23 heavy (non-hydrogen) atoms. The lowest BCUT2D eigenvalue weighted by Crippen LogP contribution is -2.31. The summed E-state index contributed by atoms with van der Waals surface area (Å²) in [5, 5.41) is 11.8. The van der Waals surface area contributed by atoms with Gasteiger partial charge in [0.05, 0.1) is 26.0 Å². The van der Waals surface area contributed by atoms with Gasteiger partial charge >= 0.3 is 5.97 Å². The first-order chi connectivity index (χ1) is 11.1. The van der Waals surface area contributed by atoms with Gasteiger partial charge in [-0.15, -0.1) is 0 Å². The van der Waals surface area contributed by atoms with Crippen molar-refractivity contribution < 1.29 is 19.4 Å². The molecule has 5 nitrogen and oxygen atoms in total. The molecule has 0 aliphatic rings. The van der Waals surface area contributed by atoms with Crippen LogP contribution in [-0.2, 0) is 16.0 Å². The zero-order chi connectivity index (χ0) is 16.7. The summed E-state index contributed by atoms with van der Waals surface area (Å²) in [6.45, 7) is 0. The highest BCUT2D eigenvalue weighted by Gasteiger charge is 2.18. The van der Waals surface area contributed by atoms with Crippen molar-refractivity contribution in [3.05, 3.63) is 65.7 Å². The summed E-state index contributed by atoms with van der Waals surface area (Å²) in [5.41, 5.74) is 1.61. The molecule has 0 aliphatic carbocycles. The molecule has 0 saturated carbocycles. The van der Waals surface area contributed by atoms with Crippen molar-refractivity contribution in [1.29, 1.82) is 0 Å². The average molecular weight is 313 g/mol. The molecule has 5 heteroatoms. The molecular formula is C18H19NO4. The molecule has 0 aromatic heterocycles. The molecule has 120 valence electrons. The molecule has 0 aliphatic heterocycles. The van der Waals surface area contributed by atoms with Crippen molar-refractivity contribution in [3.8, 4) is 5.75 Å². The van der Waals surface area contributed by atoms with E-state index in [0.29, 0.717) is 0 Å². The van der Waals surface area contributed by atoms with E-state index in [9.17, 15) is 9.59 Å². The van der Waals surface area contributed by atoms with Gasteiger partial charge in [0.25, 0.3) is 0 Å². The third-order valence-electron chi connectivity index (χ3n) is 3.44. The van der Waals surface area contributed by atoms with Gasteiger partial charge in [-0.25, -0.2) is 0 Å². The molecule has 2 rings (SSSR count). The molecule has 2 N–H and O–H groups in total. The van der Waals surface area contributed by atoms with Gasteiger partial charge in [-0.1, -0.05) is 42.5 Å². The Labute approximate surface area is 134 Å². The lowest BCUT2D eigenvalue weighted by Gasteiger charge is -2.17. The summed E-state index contributed by atoms with van der Waals surface area (Å²) >= 11 is 0. The van der Waals surface area contributed by atoms with Gasteiger partial charge in [-0.05, 0) is 23.3 Å². The number of ether oxygens (including phenoxy) is 1. The summed E-state index contributed by atoms with van der Waals surface area (Å²) in [5.74, 6) is -0.448. The maximum atomic E-state index is 12.2. The lowest BCUT2D eigenvalue weighted by atomic mass is 10.0. The van der Waals surface area contributed by atoms with Crippen LogP contribution in [0.25, 0.3) is 0 Å². The predicted octanol–water partition coefficient (Wildman–Crippen LogP) is 2.57. The minimum absolute atomic E-state index is 0.154. The van der Waals surface area contributed by atoms with Gasteiger partial charge in [-0.2, -0.15) is 0 Å². The number of amides is 1. The molecule has 0 bridgehead atoms. The maximum absolute atomic E-state index is 12.2. The number of aliphatic carboxylic acids is 1. The fourth-order valence-corrected chi connectivity index (χ4v) is 2.29. The Kier molecular flexibility index (Phi) is 5.74. The topological polar surface area (TPSA) is 75.6 Å². The Morgan fingerprint density at radius 3 is 2.30 bits per heavy atom. The van der Waals surface area contributed by atoms with Crippen LogP contribution in [0.3, 0.4) is 0 Å². The summed E-state index contributed by atoms with van der Waals surface area (Å²) in [7, 11) is 1.58. The fraction of sp³-hybridized carbons (Fsp3) is 0.222. The van der Waals surface area contributed by atoms with Crippen molar-refractivity contribution in [3.63, 3.8) is 0 Å². The third kappa shape index (κ3) is 5.14. The first-order valence-electron chi connectivity index (χ1n) is 7.27. The second kappa shape index (κ2) is 7.98. The zero-order valence-electron chi connectivity index (χ0n) is 12.9. The van der Waals surface area contributed by atoms with E-state index in [-0.39, 0.29) is 18.7 Å². The highest BCUT2D eigenvalue weighted by atomic mass is 16.5. The first kappa shape index (κ1) is 16.5. The molecule has 1 atom stereocenters. The first-order valence-corrected chi connectivity index (χ1v) is 7.27. The van der Waals surface area contributed by atoms with Crippen LogP contribution >= 0.6 is 0 Å². The van der Waals surface area contributed by atoms with Crippen LogP contribution in [-0.4, -0.2) is 24.1 Å². The molecule has 0 heterocycles. The van der Waals surface area contributed by atoms with Crippen LogP contribution in [0, 0.1) is 0 Å². The Morgan fingerprint density at radius 2 is 1.74 bits per heavy atom. The van der Waals surface area contributed by atoms with E-state index in [4.69, 9.17) is 9.84 Å². The monoisotopic (exact) mass is 313 g/mol. The Bertz CT molecular complexity index is 652.